The molecular weight excluding hydrogens is 706 g/mol. The van der Waals surface area contributed by atoms with Gasteiger partial charge in [0.2, 0.25) is 17.7 Å². The molecule has 278 valence electrons. The first-order valence-electron chi connectivity index (χ1n) is 18.4. The van der Waals surface area contributed by atoms with Gasteiger partial charge in [0, 0.05) is 47.9 Å². The molecule has 14 heteroatoms. The van der Waals surface area contributed by atoms with Gasteiger partial charge >= 0.3 is 7.60 Å². The van der Waals surface area contributed by atoms with Crippen LogP contribution in [-0.2, 0) is 18.9 Å². The number of carbonyl (C=O) groups is 3. The number of nitrogens with zero attached hydrogens (tertiary/aromatic N) is 3. The average Bonchev–Trinajstić information content (AvgIpc) is 3.40. The first-order chi connectivity index (χ1) is 24.9. The number of nitrogens with one attached hydrogen (secondary N) is 1. The fourth-order valence-corrected chi connectivity index (χ4v) is 10.6. The van der Waals surface area contributed by atoms with E-state index in [0.717, 1.165) is 63.0 Å². The normalized spacial score (nSPS) is 29.1. The van der Waals surface area contributed by atoms with Crippen molar-refractivity contribution >= 4 is 46.7 Å². The van der Waals surface area contributed by atoms with Crippen molar-refractivity contribution in [2.24, 2.45) is 0 Å². The number of amides is 3. The molecule has 3 aromatic rings. The van der Waals surface area contributed by atoms with E-state index >= 15 is 0 Å². The number of hydrogen-bond acceptors (Lipinski definition) is 7. The van der Waals surface area contributed by atoms with E-state index in [0.29, 0.717) is 40.8 Å². The summed E-state index contributed by atoms with van der Waals surface area (Å²) in [5, 5.41) is 3.49. The van der Waals surface area contributed by atoms with Crippen molar-refractivity contribution in [1.29, 1.82) is 0 Å². The summed E-state index contributed by atoms with van der Waals surface area (Å²) in [6.45, 7) is 2.20. The van der Waals surface area contributed by atoms with Gasteiger partial charge in [0.1, 0.15) is 12.1 Å². The van der Waals surface area contributed by atoms with Gasteiger partial charge in [0.05, 0.1) is 11.0 Å². The molecule has 11 nitrogen and oxygen atoms in total. The molecule has 4 aliphatic heterocycles. The van der Waals surface area contributed by atoms with Gasteiger partial charge in [-0.05, 0) is 99.5 Å². The van der Waals surface area contributed by atoms with Crippen LogP contribution in [0.2, 0.25) is 0 Å². The Morgan fingerprint density at radius 2 is 1.87 bits per heavy atom. The van der Waals surface area contributed by atoms with E-state index in [1.165, 1.54) is 17.7 Å². The number of rotatable bonds is 9. The van der Waals surface area contributed by atoms with Gasteiger partial charge in [-0.15, -0.1) is 11.3 Å². The van der Waals surface area contributed by atoms with Crippen LogP contribution >= 0.6 is 18.9 Å². The molecular formula is C38H46FN4O7PS. The lowest BCUT2D eigenvalue weighted by atomic mass is 9.93. The maximum Gasteiger partial charge on any atom is 0.363 e. The number of benzene rings is 2. The van der Waals surface area contributed by atoms with E-state index < -0.39 is 31.5 Å². The summed E-state index contributed by atoms with van der Waals surface area (Å²) >= 11 is 1.16. The Hall–Kier alpha value is -3.19. The first kappa shape index (κ1) is 35.8. The van der Waals surface area contributed by atoms with E-state index in [2.05, 4.69) is 34.3 Å². The Labute approximate surface area is 306 Å². The molecule has 1 aromatic heterocycles. The highest BCUT2D eigenvalue weighted by atomic mass is 32.1. The summed E-state index contributed by atoms with van der Waals surface area (Å²) in [6, 6.07) is 14.7. The third kappa shape index (κ3) is 6.84. The summed E-state index contributed by atoms with van der Waals surface area (Å²) < 4.78 is 32.4. The predicted octanol–water partition coefficient (Wildman–Crippen LogP) is 5.33. The van der Waals surface area contributed by atoms with Crippen LogP contribution in [-0.4, -0.2) is 105 Å². The van der Waals surface area contributed by atoms with Crippen molar-refractivity contribution in [3.63, 3.8) is 0 Å². The topological polar surface area (TPSA) is 140 Å². The predicted molar refractivity (Wildman–Crippen MR) is 195 cm³/mol. The van der Waals surface area contributed by atoms with Crippen molar-refractivity contribution in [3.05, 3.63) is 70.6 Å². The van der Waals surface area contributed by atoms with E-state index in [4.69, 9.17) is 4.74 Å². The first-order valence-corrected chi connectivity index (χ1v) is 20.9. The number of thiophene rings is 1. The van der Waals surface area contributed by atoms with E-state index in [9.17, 15) is 33.1 Å². The number of fused-ring (bicyclic) bond motifs is 2. The second kappa shape index (κ2) is 13.9. The summed E-state index contributed by atoms with van der Waals surface area (Å²) in [4.78, 5) is 68.3. The monoisotopic (exact) mass is 752 g/mol. The van der Waals surface area contributed by atoms with Crippen molar-refractivity contribution in [2.75, 3.05) is 26.7 Å². The molecule has 7 atom stereocenters. The molecule has 52 heavy (non-hydrogen) atoms. The van der Waals surface area contributed by atoms with E-state index in [1.54, 1.807) is 12.1 Å². The Morgan fingerprint density at radius 3 is 2.56 bits per heavy atom. The highest BCUT2D eigenvalue weighted by Gasteiger charge is 2.58. The molecule has 3 amide bonds. The quantitative estimate of drug-likeness (QED) is 0.250. The van der Waals surface area contributed by atoms with Gasteiger partial charge < -0.3 is 34.5 Å². The molecule has 1 spiro atoms. The van der Waals surface area contributed by atoms with Crippen LogP contribution in [0.3, 0.4) is 0 Å². The fourth-order valence-electron chi connectivity index (χ4n) is 9.08. The number of alkyl halides is 1. The van der Waals surface area contributed by atoms with Crippen LogP contribution in [0.15, 0.2) is 54.6 Å². The lowest BCUT2D eigenvalue weighted by molar-refractivity contribution is -0.148. The molecule has 2 aromatic carbocycles. The van der Waals surface area contributed by atoms with Crippen LogP contribution in [0.1, 0.15) is 90.4 Å². The SMILES string of the molecule is CN(C[C@@H]1CCO1)[C@H]1CC[C@H](NC(=O)c2cc3cc([C@H](F)P(=O)(O)O)ccc3s2)C(=O)N2[C@H](CC[C@H]2C(=O)N2C[C@@H](c3ccccc3)CC23CC3)C1. The fraction of sp³-hybridized carbons (Fsp3) is 0.553. The number of likely N-dealkylation sites (N-methyl/N-ethyl adjacent to an activating group) is 1. The van der Waals surface area contributed by atoms with Crippen LogP contribution in [0, 0.1) is 0 Å². The maximum absolute atomic E-state index is 14.6. The van der Waals surface area contributed by atoms with Crippen LogP contribution < -0.4 is 5.32 Å². The summed E-state index contributed by atoms with van der Waals surface area (Å²) in [7, 11) is -2.91. The third-order valence-corrected chi connectivity index (χ3v) is 14.2. The standard InChI is InChI=1S/C38H46FN4O7PS/c1-41(22-29-13-16-50-29)27-8-10-30(40-35(44)33-18-25-17-24(7-12-32(25)52-33)34(39)51(47,48)49)36(45)43-28(19-27)9-11-31(43)37(46)42-21-26(20-38(42)14-15-38)23-5-3-2-4-6-23/h2-7,12,17-18,26-31,34H,8-11,13-16,19-22H2,1H3,(H,40,44)(H2,47,48,49)/t26-,27-,28+,29-,30-,31-,34+/m0/s1. The van der Waals surface area contributed by atoms with Crippen molar-refractivity contribution in [1.82, 2.24) is 20.0 Å². The molecule has 8 rings (SSSR count). The van der Waals surface area contributed by atoms with Gasteiger partial charge in [-0.25, -0.2) is 4.39 Å². The molecule has 3 N–H and O–H groups in total. The molecule has 1 aliphatic carbocycles. The minimum atomic E-state index is -5.00. The molecule has 5 heterocycles. The molecule has 4 saturated heterocycles. The van der Waals surface area contributed by atoms with Gasteiger partial charge in [0.25, 0.3) is 5.91 Å². The number of halogens is 1. The minimum Gasteiger partial charge on any atom is -0.377 e. The van der Waals surface area contributed by atoms with Crippen molar-refractivity contribution in [3.8, 4) is 0 Å². The van der Waals surface area contributed by atoms with Gasteiger partial charge in [-0.3, -0.25) is 18.9 Å². The third-order valence-electron chi connectivity index (χ3n) is 12.2. The summed E-state index contributed by atoms with van der Waals surface area (Å²) in [5.41, 5.74) is 0.929. The summed E-state index contributed by atoms with van der Waals surface area (Å²) in [5.74, 6) is -2.87. The zero-order valence-corrected chi connectivity index (χ0v) is 30.9. The highest BCUT2D eigenvalue weighted by Crippen LogP contribution is 2.55. The average molecular weight is 753 g/mol. The Kier molecular flexibility index (Phi) is 9.58. The van der Waals surface area contributed by atoms with Crippen molar-refractivity contribution in [2.45, 2.75) is 105 Å². The molecule has 1 saturated carbocycles. The molecule has 5 aliphatic rings. The zero-order valence-electron chi connectivity index (χ0n) is 29.2. The van der Waals surface area contributed by atoms with Gasteiger partial charge in [-0.1, -0.05) is 36.4 Å². The second-order valence-electron chi connectivity index (χ2n) is 15.5. The van der Waals surface area contributed by atoms with Crippen molar-refractivity contribution < 1.29 is 37.9 Å². The lowest BCUT2D eigenvalue weighted by Gasteiger charge is -2.42. The molecule has 0 radical (unpaired) electrons. The number of carbonyl (C=O) groups excluding carboxylic acids is 3. The van der Waals surface area contributed by atoms with Gasteiger partial charge in [-0.2, -0.15) is 0 Å². The molecule has 5 fully saturated rings. The smallest absolute Gasteiger partial charge is 0.363 e. The Morgan fingerprint density at radius 1 is 1.10 bits per heavy atom. The number of hydrogen-bond donors (Lipinski definition) is 3. The zero-order chi connectivity index (χ0) is 36.4. The van der Waals surface area contributed by atoms with Crippen LogP contribution in [0.4, 0.5) is 4.39 Å². The number of ether oxygens (including phenoxy) is 1. The van der Waals surface area contributed by atoms with E-state index in [1.807, 2.05) is 23.1 Å². The lowest BCUT2D eigenvalue weighted by Crippen LogP contribution is -2.59. The van der Waals surface area contributed by atoms with Gasteiger partial charge in [0.15, 0.2) is 0 Å². The molecule has 0 unspecified atom stereocenters. The minimum absolute atomic E-state index is 0.0204. The maximum atomic E-state index is 14.6. The second-order valence-corrected chi connectivity index (χ2v) is 18.2. The van der Waals surface area contributed by atoms with Crippen LogP contribution in [0.5, 0.6) is 0 Å². The van der Waals surface area contributed by atoms with E-state index in [-0.39, 0.29) is 47.0 Å². The Bertz CT molecular complexity index is 1900. The largest absolute Gasteiger partial charge is 0.377 e. The molecule has 0 bridgehead atoms. The Balaban J connectivity index is 1.05. The van der Waals surface area contributed by atoms with Crippen LogP contribution in [0.25, 0.3) is 10.1 Å². The highest BCUT2D eigenvalue weighted by molar-refractivity contribution is 7.51. The number of likely N-dealkylation sites (tertiary alicyclic amines) is 1. The summed E-state index contributed by atoms with van der Waals surface area (Å²) in [6.07, 6.45) is 7.24.